The van der Waals surface area contributed by atoms with E-state index >= 15 is 0 Å². The van der Waals surface area contributed by atoms with E-state index in [2.05, 4.69) is 15.9 Å². The van der Waals surface area contributed by atoms with E-state index in [0.717, 1.165) is 0 Å². The van der Waals surface area contributed by atoms with Crippen molar-refractivity contribution in [2.24, 2.45) is 5.73 Å². The zero-order valence-corrected chi connectivity index (χ0v) is 11.9. The Morgan fingerprint density at radius 3 is 2.53 bits per heavy atom. The molecule has 0 saturated heterocycles. The van der Waals surface area contributed by atoms with Gasteiger partial charge in [0, 0.05) is 6.07 Å². The van der Waals surface area contributed by atoms with Crippen LogP contribution in [0.2, 0.25) is 0 Å². The third kappa shape index (κ3) is 3.08. The Morgan fingerprint density at radius 2 is 1.89 bits per heavy atom. The van der Waals surface area contributed by atoms with Crippen LogP contribution in [-0.4, -0.2) is 4.99 Å². The van der Waals surface area contributed by atoms with Crippen molar-refractivity contribution in [2.45, 2.75) is 0 Å². The average molecular weight is 344 g/mol. The third-order valence-electron chi connectivity index (χ3n) is 2.34. The first-order valence-electron chi connectivity index (χ1n) is 5.20. The van der Waals surface area contributed by atoms with E-state index in [9.17, 15) is 8.78 Å². The zero-order chi connectivity index (χ0) is 14.0. The number of hydrogen-bond donors (Lipinski definition) is 1. The summed E-state index contributed by atoms with van der Waals surface area (Å²) in [6.07, 6.45) is 0. The molecule has 0 aromatic heterocycles. The molecule has 0 aliphatic carbocycles. The zero-order valence-electron chi connectivity index (χ0n) is 9.49. The Hall–Kier alpha value is -1.53. The van der Waals surface area contributed by atoms with Gasteiger partial charge in [-0.05, 0) is 40.2 Å². The van der Waals surface area contributed by atoms with Gasteiger partial charge in [0.1, 0.15) is 28.1 Å². The molecule has 6 heteroatoms. The lowest BCUT2D eigenvalue weighted by Gasteiger charge is -2.11. The molecular weight excluding hydrogens is 336 g/mol. The minimum atomic E-state index is -0.581. The van der Waals surface area contributed by atoms with Crippen molar-refractivity contribution in [3.63, 3.8) is 0 Å². The molecule has 2 aromatic rings. The van der Waals surface area contributed by atoms with Gasteiger partial charge in [0.05, 0.1) is 10.0 Å². The van der Waals surface area contributed by atoms with E-state index in [1.165, 1.54) is 30.3 Å². The molecule has 2 rings (SSSR count). The molecule has 0 aliphatic heterocycles. The van der Waals surface area contributed by atoms with Crippen molar-refractivity contribution in [1.29, 1.82) is 0 Å². The second-order valence-electron chi connectivity index (χ2n) is 3.66. The number of ether oxygens (including phenoxy) is 1. The summed E-state index contributed by atoms with van der Waals surface area (Å²) < 4.78 is 32.7. The highest BCUT2D eigenvalue weighted by molar-refractivity contribution is 9.10. The van der Waals surface area contributed by atoms with Gasteiger partial charge in [0.15, 0.2) is 0 Å². The van der Waals surface area contributed by atoms with Crippen LogP contribution in [0, 0.1) is 11.6 Å². The minimum absolute atomic E-state index is 0.000766. The maximum Gasteiger partial charge on any atom is 0.141 e. The van der Waals surface area contributed by atoms with Gasteiger partial charge in [0.25, 0.3) is 0 Å². The van der Waals surface area contributed by atoms with E-state index in [1.54, 1.807) is 6.07 Å². The van der Waals surface area contributed by atoms with E-state index < -0.39 is 11.6 Å². The van der Waals surface area contributed by atoms with E-state index in [-0.39, 0.29) is 22.1 Å². The quantitative estimate of drug-likeness (QED) is 0.850. The molecule has 0 radical (unpaired) electrons. The van der Waals surface area contributed by atoms with Gasteiger partial charge in [0.2, 0.25) is 0 Å². The lowest BCUT2D eigenvalue weighted by molar-refractivity contribution is 0.469. The summed E-state index contributed by atoms with van der Waals surface area (Å²) in [5, 5.41) is 0. The van der Waals surface area contributed by atoms with Crippen LogP contribution < -0.4 is 10.5 Å². The largest absolute Gasteiger partial charge is 0.456 e. The van der Waals surface area contributed by atoms with Crippen LogP contribution in [0.4, 0.5) is 8.78 Å². The van der Waals surface area contributed by atoms with Gasteiger partial charge in [-0.3, -0.25) is 0 Å². The maximum absolute atomic E-state index is 13.6. The van der Waals surface area contributed by atoms with Crippen LogP contribution in [0.15, 0.2) is 40.9 Å². The van der Waals surface area contributed by atoms with Crippen LogP contribution in [0.3, 0.4) is 0 Å². The van der Waals surface area contributed by atoms with Gasteiger partial charge in [-0.25, -0.2) is 8.78 Å². The first kappa shape index (κ1) is 13.9. The molecule has 0 saturated carbocycles. The number of nitrogens with two attached hydrogens (primary N) is 1. The summed E-state index contributed by atoms with van der Waals surface area (Å²) in [6, 6.07) is 8.41. The van der Waals surface area contributed by atoms with Gasteiger partial charge in [-0.2, -0.15) is 0 Å². The normalized spacial score (nSPS) is 10.3. The summed E-state index contributed by atoms with van der Waals surface area (Å²) in [6.45, 7) is 0. The Kier molecular flexibility index (Phi) is 4.11. The molecular formula is C13H8BrF2NOS. The van der Waals surface area contributed by atoms with Crippen molar-refractivity contribution in [1.82, 2.24) is 0 Å². The van der Waals surface area contributed by atoms with Gasteiger partial charge >= 0.3 is 0 Å². The van der Waals surface area contributed by atoms with Crippen LogP contribution in [0.25, 0.3) is 0 Å². The predicted molar refractivity (Wildman–Crippen MR) is 76.5 cm³/mol. The summed E-state index contributed by atoms with van der Waals surface area (Å²) >= 11 is 7.81. The average Bonchev–Trinajstić information content (AvgIpc) is 2.33. The van der Waals surface area contributed by atoms with Crippen LogP contribution in [0.1, 0.15) is 5.56 Å². The number of hydrogen-bond acceptors (Lipinski definition) is 2. The van der Waals surface area contributed by atoms with Crippen molar-refractivity contribution in [3.8, 4) is 11.5 Å². The Labute approximate surface area is 122 Å². The Morgan fingerprint density at radius 1 is 1.16 bits per heavy atom. The molecule has 0 atom stereocenters. The van der Waals surface area contributed by atoms with Gasteiger partial charge in [-0.1, -0.05) is 18.3 Å². The lowest BCUT2D eigenvalue weighted by Crippen LogP contribution is -2.13. The number of halogens is 3. The smallest absolute Gasteiger partial charge is 0.141 e. The molecule has 0 spiro atoms. The fourth-order valence-electron chi connectivity index (χ4n) is 1.50. The van der Waals surface area contributed by atoms with Crippen LogP contribution in [0.5, 0.6) is 11.5 Å². The number of thiocarbonyl (C=S) groups is 1. The molecule has 0 fully saturated rings. The highest BCUT2D eigenvalue weighted by atomic mass is 79.9. The van der Waals surface area contributed by atoms with Crippen LogP contribution in [-0.2, 0) is 0 Å². The predicted octanol–water partition coefficient (Wildman–Crippen LogP) is 4.15. The van der Waals surface area contributed by atoms with E-state index in [1.807, 2.05) is 0 Å². The van der Waals surface area contributed by atoms with Crippen molar-refractivity contribution in [3.05, 3.63) is 58.1 Å². The molecule has 2 aromatic carbocycles. The second kappa shape index (κ2) is 5.63. The summed E-state index contributed by atoms with van der Waals surface area (Å²) in [7, 11) is 0. The molecule has 2 N–H and O–H groups in total. The molecule has 19 heavy (non-hydrogen) atoms. The highest BCUT2D eigenvalue weighted by Crippen LogP contribution is 2.29. The molecule has 2 nitrogen and oxygen atoms in total. The Bertz CT molecular complexity index is 649. The summed E-state index contributed by atoms with van der Waals surface area (Å²) in [4.78, 5) is -0.120. The van der Waals surface area contributed by atoms with Crippen molar-refractivity contribution < 1.29 is 13.5 Å². The first-order valence-corrected chi connectivity index (χ1v) is 6.40. The Balaban J connectivity index is 2.40. The second-order valence-corrected chi connectivity index (χ2v) is 4.95. The minimum Gasteiger partial charge on any atom is -0.456 e. The monoisotopic (exact) mass is 343 g/mol. The first-order chi connectivity index (χ1) is 8.99. The molecule has 0 heterocycles. The van der Waals surface area contributed by atoms with Crippen molar-refractivity contribution >= 4 is 33.1 Å². The highest BCUT2D eigenvalue weighted by Gasteiger charge is 2.13. The third-order valence-corrected chi connectivity index (χ3v) is 3.19. The maximum atomic E-state index is 13.6. The van der Waals surface area contributed by atoms with Gasteiger partial charge in [-0.15, -0.1) is 0 Å². The summed E-state index contributed by atoms with van der Waals surface area (Å²) in [5.41, 5.74) is 5.45. The van der Waals surface area contributed by atoms with E-state index in [0.29, 0.717) is 4.47 Å². The number of benzene rings is 2. The molecule has 98 valence electrons. The van der Waals surface area contributed by atoms with E-state index in [4.69, 9.17) is 22.7 Å². The molecule has 0 unspecified atom stereocenters. The molecule has 0 aliphatic rings. The standard InChI is InChI=1S/C13H8BrF2NOS/c14-8-5-4-7(6-10(8)16)18-11-3-1-2-9(15)12(11)13(17)19/h1-6H,(H2,17,19). The molecule has 0 bridgehead atoms. The molecule has 0 amide bonds. The van der Waals surface area contributed by atoms with Crippen LogP contribution >= 0.6 is 28.1 Å². The number of rotatable bonds is 3. The fourth-order valence-corrected chi connectivity index (χ4v) is 1.94. The van der Waals surface area contributed by atoms with Gasteiger partial charge < -0.3 is 10.5 Å². The lowest BCUT2D eigenvalue weighted by atomic mass is 10.2. The topological polar surface area (TPSA) is 35.2 Å². The fraction of sp³-hybridized carbons (Fsp3) is 0. The SMILES string of the molecule is NC(=S)c1c(F)cccc1Oc1ccc(Br)c(F)c1. The van der Waals surface area contributed by atoms with Crippen molar-refractivity contribution in [2.75, 3.05) is 0 Å². The summed E-state index contributed by atoms with van der Waals surface area (Å²) in [5.74, 6) is -0.689.